The van der Waals surface area contributed by atoms with Crippen LogP contribution >= 0.6 is 0 Å². The van der Waals surface area contributed by atoms with Crippen molar-refractivity contribution >= 4 is 5.91 Å². The molecule has 5 nitrogen and oxygen atoms in total. The van der Waals surface area contributed by atoms with Crippen LogP contribution in [0, 0.1) is 0 Å². The van der Waals surface area contributed by atoms with E-state index in [0.29, 0.717) is 5.76 Å². The first-order valence-electron chi connectivity index (χ1n) is 7.94. The van der Waals surface area contributed by atoms with Gasteiger partial charge in [0.15, 0.2) is 0 Å². The number of carbonyl (C=O) groups excluding carboxylic acids is 1. The summed E-state index contributed by atoms with van der Waals surface area (Å²) in [6, 6.07) is 11.1. The van der Waals surface area contributed by atoms with Gasteiger partial charge in [-0.25, -0.2) is 0 Å². The maximum atomic E-state index is 12.5. The summed E-state index contributed by atoms with van der Waals surface area (Å²) in [5.74, 6) is 0.469. The van der Waals surface area contributed by atoms with Crippen molar-refractivity contribution in [3.63, 3.8) is 0 Å². The second-order valence-corrected chi connectivity index (χ2v) is 5.92. The van der Waals surface area contributed by atoms with Crippen LogP contribution in [0.25, 0.3) is 0 Å². The number of nitrogens with zero attached hydrogens (tertiary/aromatic N) is 1. The third kappa shape index (κ3) is 3.46. The molecular weight excluding hydrogens is 292 g/mol. The summed E-state index contributed by atoms with van der Waals surface area (Å²) in [7, 11) is 0. The normalized spacial score (nSPS) is 17.3. The van der Waals surface area contributed by atoms with E-state index < -0.39 is 6.04 Å². The molecule has 0 aliphatic carbocycles. The average Bonchev–Trinajstić information content (AvgIpc) is 3.12. The maximum absolute atomic E-state index is 12.5. The molecule has 0 radical (unpaired) electrons. The Morgan fingerprint density at radius 1 is 1.30 bits per heavy atom. The van der Waals surface area contributed by atoms with Gasteiger partial charge in [-0.15, -0.1) is 0 Å². The largest absolute Gasteiger partial charge is 0.467 e. The molecule has 23 heavy (non-hydrogen) atoms. The predicted octanol–water partition coefficient (Wildman–Crippen LogP) is 1.88. The minimum Gasteiger partial charge on any atom is -0.467 e. The van der Waals surface area contributed by atoms with Crippen molar-refractivity contribution in [1.82, 2.24) is 10.2 Å². The Morgan fingerprint density at radius 2 is 2.09 bits per heavy atom. The summed E-state index contributed by atoms with van der Waals surface area (Å²) in [6.45, 7) is 3.35. The smallest absolute Gasteiger partial charge is 0.237 e. The lowest BCUT2D eigenvalue weighted by Gasteiger charge is -2.33. The molecule has 0 bridgehead atoms. The van der Waals surface area contributed by atoms with Crippen molar-refractivity contribution in [3.05, 3.63) is 59.5 Å². The van der Waals surface area contributed by atoms with Crippen LogP contribution in [0.4, 0.5) is 0 Å². The fourth-order valence-electron chi connectivity index (χ4n) is 3.00. The number of fused-ring (bicyclic) bond motifs is 1. The van der Waals surface area contributed by atoms with Crippen molar-refractivity contribution < 1.29 is 14.3 Å². The molecule has 1 aromatic heterocycles. The molecule has 2 N–H and O–H groups in total. The van der Waals surface area contributed by atoms with Crippen LogP contribution in [0.3, 0.4) is 0 Å². The van der Waals surface area contributed by atoms with Crippen molar-refractivity contribution in [2.24, 2.45) is 0 Å². The number of aliphatic hydroxyl groups excluding tert-OH is 1. The van der Waals surface area contributed by atoms with Crippen LogP contribution in [0.1, 0.15) is 29.9 Å². The first-order valence-corrected chi connectivity index (χ1v) is 7.94. The molecule has 1 aromatic carbocycles. The van der Waals surface area contributed by atoms with Gasteiger partial charge in [0.1, 0.15) is 11.8 Å². The Labute approximate surface area is 135 Å². The monoisotopic (exact) mass is 314 g/mol. The predicted molar refractivity (Wildman–Crippen MR) is 86.7 cm³/mol. The molecule has 1 aliphatic rings. The molecule has 2 heterocycles. The molecule has 1 amide bonds. The zero-order chi connectivity index (χ0) is 16.2. The Bertz CT molecular complexity index is 654. The number of aliphatic hydroxyl groups is 1. The van der Waals surface area contributed by atoms with Crippen LogP contribution in [0.2, 0.25) is 0 Å². The van der Waals surface area contributed by atoms with Crippen LogP contribution < -0.4 is 5.32 Å². The van der Waals surface area contributed by atoms with Crippen LogP contribution in [0.15, 0.2) is 47.1 Å². The second-order valence-electron chi connectivity index (χ2n) is 5.92. The number of benzene rings is 1. The lowest BCUT2D eigenvalue weighted by atomic mass is 9.98. The lowest BCUT2D eigenvalue weighted by molar-refractivity contribution is -0.127. The summed E-state index contributed by atoms with van der Waals surface area (Å²) < 4.78 is 5.27. The van der Waals surface area contributed by atoms with Gasteiger partial charge in [0.25, 0.3) is 0 Å². The van der Waals surface area contributed by atoms with Gasteiger partial charge < -0.3 is 14.8 Å². The minimum atomic E-state index is -0.503. The number of rotatable bonds is 5. The zero-order valence-corrected chi connectivity index (χ0v) is 13.2. The molecule has 0 fully saturated rings. The van der Waals surface area contributed by atoms with Crippen LogP contribution in [-0.2, 0) is 17.8 Å². The lowest BCUT2D eigenvalue weighted by Crippen LogP contribution is -2.48. The molecule has 1 aliphatic heterocycles. The number of carbonyl (C=O) groups is 1. The Morgan fingerprint density at radius 3 is 2.78 bits per heavy atom. The van der Waals surface area contributed by atoms with E-state index in [1.807, 2.05) is 13.0 Å². The Hall–Kier alpha value is -2.11. The maximum Gasteiger partial charge on any atom is 0.237 e. The van der Waals surface area contributed by atoms with E-state index in [0.717, 1.165) is 19.5 Å². The minimum absolute atomic E-state index is 0.0974. The Kier molecular flexibility index (Phi) is 4.79. The highest BCUT2D eigenvalue weighted by Crippen LogP contribution is 2.21. The van der Waals surface area contributed by atoms with Gasteiger partial charge in [0.2, 0.25) is 5.91 Å². The van der Waals surface area contributed by atoms with Crippen LogP contribution in [0.5, 0.6) is 0 Å². The van der Waals surface area contributed by atoms with Crippen LogP contribution in [-0.4, -0.2) is 35.1 Å². The van der Waals surface area contributed by atoms with Gasteiger partial charge in [-0.3, -0.25) is 9.69 Å². The van der Waals surface area contributed by atoms with Gasteiger partial charge in [0, 0.05) is 13.1 Å². The van der Waals surface area contributed by atoms with Crippen molar-refractivity contribution in [2.45, 2.75) is 32.0 Å². The average molecular weight is 314 g/mol. The number of furan rings is 1. The van der Waals surface area contributed by atoms with E-state index in [1.165, 1.54) is 17.4 Å². The molecule has 5 heteroatoms. The Balaban J connectivity index is 1.64. The molecule has 2 aromatic rings. The SMILES string of the molecule is CC(C(=O)NC(CO)c1ccco1)N1CCc2ccccc2C1. The van der Waals surface area contributed by atoms with E-state index in [4.69, 9.17) is 4.42 Å². The first-order chi connectivity index (χ1) is 11.2. The molecule has 0 saturated carbocycles. The standard InChI is InChI=1S/C18H22N2O3/c1-13(18(22)19-16(12-21)17-7-4-10-23-17)20-9-8-14-5-2-3-6-15(14)11-20/h2-7,10,13,16,21H,8-9,11-12H2,1H3,(H,19,22). The van der Waals surface area contributed by atoms with Crippen molar-refractivity contribution in [2.75, 3.05) is 13.2 Å². The highest BCUT2D eigenvalue weighted by molar-refractivity contribution is 5.81. The fourth-order valence-corrected chi connectivity index (χ4v) is 3.00. The molecule has 0 saturated heterocycles. The summed E-state index contributed by atoms with van der Waals surface area (Å²) in [5.41, 5.74) is 2.64. The van der Waals surface area contributed by atoms with E-state index in [1.54, 1.807) is 12.1 Å². The second kappa shape index (κ2) is 6.98. The van der Waals surface area contributed by atoms with Gasteiger partial charge in [-0.2, -0.15) is 0 Å². The molecule has 2 unspecified atom stereocenters. The van der Waals surface area contributed by atoms with Crippen molar-refractivity contribution in [3.8, 4) is 0 Å². The van der Waals surface area contributed by atoms with Gasteiger partial charge >= 0.3 is 0 Å². The van der Waals surface area contributed by atoms with E-state index in [2.05, 4.69) is 28.4 Å². The van der Waals surface area contributed by atoms with Crippen molar-refractivity contribution in [1.29, 1.82) is 0 Å². The summed E-state index contributed by atoms with van der Waals surface area (Å²) in [5, 5.41) is 12.3. The summed E-state index contributed by atoms with van der Waals surface area (Å²) in [6.07, 6.45) is 2.49. The summed E-state index contributed by atoms with van der Waals surface area (Å²) in [4.78, 5) is 14.7. The highest BCUT2D eigenvalue weighted by Gasteiger charge is 2.27. The topological polar surface area (TPSA) is 65.7 Å². The van der Waals surface area contributed by atoms with Gasteiger partial charge in [-0.1, -0.05) is 24.3 Å². The molecule has 2 atom stereocenters. The first kappa shape index (κ1) is 15.8. The number of nitrogens with one attached hydrogen (secondary N) is 1. The number of hydrogen-bond donors (Lipinski definition) is 2. The highest BCUT2D eigenvalue weighted by atomic mass is 16.3. The zero-order valence-electron chi connectivity index (χ0n) is 13.2. The number of hydrogen-bond acceptors (Lipinski definition) is 4. The van der Waals surface area contributed by atoms with Gasteiger partial charge in [0.05, 0.1) is 18.9 Å². The molecule has 0 spiro atoms. The number of amides is 1. The van der Waals surface area contributed by atoms with Gasteiger partial charge in [-0.05, 0) is 36.6 Å². The fraction of sp³-hybridized carbons (Fsp3) is 0.389. The third-order valence-electron chi connectivity index (χ3n) is 4.47. The summed E-state index contributed by atoms with van der Waals surface area (Å²) >= 11 is 0. The molecular formula is C18H22N2O3. The molecule has 3 rings (SSSR count). The third-order valence-corrected chi connectivity index (χ3v) is 4.47. The molecule has 122 valence electrons. The van der Waals surface area contributed by atoms with E-state index in [-0.39, 0.29) is 18.6 Å². The van der Waals surface area contributed by atoms with E-state index >= 15 is 0 Å². The van der Waals surface area contributed by atoms with E-state index in [9.17, 15) is 9.90 Å². The quantitative estimate of drug-likeness (QED) is 0.884.